The minimum atomic E-state index is -0.352. The molecule has 0 spiro atoms. The summed E-state index contributed by atoms with van der Waals surface area (Å²) in [4.78, 5) is 8.47. The topological polar surface area (TPSA) is 67.8 Å². The van der Waals surface area contributed by atoms with Crippen LogP contribution in [0.1, 0.15) is 25.8 Å². The summed E-state index contributed by atoms with van der Waals surface area (Å²) in [5.41, 5.74) is 0.843. The van der Waals surface area contributed by atoms with E-state index in [0.29, 0.717) is 30.1 Å². The van der Waals surface area contributed by atoms with E-state index in [1.807, 2.05) is 12.1 Å². The molecule has 152 valence electrons. The number of halogens is 1. The van der Waals surface area contributed by atoms with Crippen LogP contribution in [0.2, 0.25) is 0 Å². The first-order valence-electron chi connectivity index (χ1n) is 9.48. The van der Waals surface area contributed by atoms with E-state index in [2.05, 4.69) is 34.5 Å². The number of hydrogen-bond acceptors (Lipinski definition) is 4. The Morgan fingerprint density at radius 1 is 1.21 bits per heavy atom. The van der Waals surface area contributed by atoms with Crippen LogP contribution in [0.4, 0.5) is 4.39 Å². The van der Waals surface area contributed by atoms with E-state index in [4.69, 9.17) is 9.47 Å². The summed E-state index contributed by atoms with van der Waals surface area (Å²) >= 11 is 0. The molecule has 0 unspecified atom stereocenters. The van der Waals surface area contributed by atoms with Gasteiger partial charge < -0.3 is 20.1 Å². The van der Waals surface area contributed by atoms with Crippen LogP contribution >= 0.6 is 0 Å². The Hall–Kier alpha value is -2.67. The zero-order valence-electron chi connectivity index (χ0n) is 16.7. The maximum Gasteiger partial charge on any atom is 0.224 e. The number of pyridine rings is 1. The summed E-state index contributed by atoms with van der Waals surface area (Å²) in [7, 11) is 1.72. The van der Waals surface area contributed by atoms with Gasteiger partial charge in [-0.25, -0.2) is 9.37 Å². The van der Waals surface area contributed by atoms with Crippen LogP contribution in [-0.4, -0.2) is 37.7 Å². The predicted molar refractivity (Wildman–Crippen MR) is 109 cm³/mol. The number of ether oxygens (including phenoxy) is 2. The molecule has 28 heavy (non-hydrogen) atoms. The summed E-state index contributed by atoms with van der Waals surface area (Å²) in [6, 6.07) is 9.73. The number of aliphatic imine (C=N–C) groups is 1. The molecule has 0 saturated carbocycles. The molecule has 2 aromatic rings. The summed E-state index contributed by atoms with van der Waals surface area (Å²) in [5.74, 6) is 1.71. The maximum absolute atomic E-state index is 13.4. The van der Waals surface area contributed by atoms with Crippen LogP contribution in [0.5, 0.6) is 11.6 Å². The van der Waals surface area contributed by atoms with Gasteiger partial charge in [0.1, 0.15) is 11.6 Å². The van der Waals surface area contributed by atoms with Gasteiger partial charge in [0, 0.05) is 51.2 Å². The highest BCUT2D eigenvalue weighted by atomic mass is 19.1. The SMILES string of the molecule is CN=C(NCCCOCC(C)C)NCc1cccnc1Oc1cccc(F)c1. The second-order valence-corrected chi connectivity index (χ2v) is 6.70. The van der Waals surface area contributed by atoms with Crippen molar-refractivity contribution in [1.29, 1.82) is 0 Å². The van der Waals surface area contributed by atoms with Crippen LogP contribution in [0.3, 0.4) is 0 Å². The number of rotatable bonds is 10. The van der Waals surface area contributed by atoms with Crippen molar-refractivity contribution in [3.63, 3.8) is 0 Å². The third-order valence-corrected chi connectivity index (χ3v) is 3.74. The lowest BCUT2D eigenvalue weighted by Gasteiger charge is -2.14. The molecular formula is C21H29FN4O2. The van der Waals surface area contributed by atoms with Crippen molar-refractivity contribution >= 4 is 5.96 Å². The first kappa shape index (κ1) is 21.6. The highest BCUT2D eigenvalue weighted by Gasteiger charge is 2.08. The first-order chi connectivity index (χ1) is 13.6. The van der Waals surface area contributed by atoms with Gasteiger partial charge in [-0.05, 0) is 30.5 Å². The second-order valence-electron chi connectivity index (χ2n) is 6.70. The third-order valence-electron chi connectivity index (χ3n) is 3.74. The number of nitrogens with one attached hydrogen (secondary N) is 2. The van der Waals surface area contributed by atoms with Gasteiger partial charge in [0.05, 0.1) is 0 Å². The van der Waals surface area contributed by atoms with Crippen LogP contribution in [0.15, 0.2) is 47.6 Å². The lowest BCUT2D eigenvalue weighted by atomic mass is 10.2. The molecule has 2 N–H and O–H groups in total. The van der Waals surface area contributed by atoms with Crippen molar-refractivity contribution < 1.29 is 13.9 Å². The number of benzene rings is 1. The van der Waals surface area contributed by atoms with E-state index in [1.54, 1.807) is 25.4 Å². The Kier molecular flexibility index (Phi) is 9.21. The first-order valence-corrected chi connectivity index (χ1v) is 9.48. The Balaban J connectivity index is 1.82. The lowest BCUT2D eigenvalue weighted by Crippen LogP contribution is -2.37. The highest BCUT2D eigenvalue weighted by Crippen LogP contribution is 2.23. The smallest absolute Gasteiger partial charge is 0.224 e. The van der Waals surface area contributed by atoms with Gasteiger partial charge in [-0.2, -0.15) is 0 Å². The van der Waals surface area contributed by atoms with Crippen molar-refractivity contribution in [3.8, 4) is 11.6 Å². The highest BCUT2D eigenvalue weighted by molar-refractivity contribution is 5.79. The molecule has 0 amide bonds. The molecule has 0 atom stereocenters. The summed E-state index contributed by atoms with van der Waals surface area (Å²) in [5, 5.41) is 6.49. The minimum Gasteiger partial charge on any atom is -0.439 e. The van der Waals surface area contributed by atoms with Crippen molar-refractivity contribution in [2.24, 2.45) is 10.9 Å². The molecular weight excluding hydrogens is 359 g/mol. The average molecular weight is 388 g/mol. The Bertz CT molecular complexity index is 753. The molecule has 1 aromatic carbocycles. The van der Waals surface area contributed by atoms with Gasteiger partial charge in [-0.15, -0.1) is 0 Å². The van der Waals surface area contributed by atoms with Gasteiger partial charge in [0.15, 0.2) is 5.96 Å². The van der Waals surface area contributed by atoms with E-state index in [9.17, 15) is 4.39 Å². The number of guanidine groups is 1. The summed E-state index contributed by atoms with van der Waals surface area (Å²) in [6.45, 7) is 7.00. The Morgan fingerprint density at radius 2 is 2.07 bits per heavy atom. The molecule has 0 fully saturated rings. The largest absolute Gasteiger partial charge is 0.439 e. The fourth-order valence-electron chi connectivity index (χ4n) is 2.39. The molecule has 0 aliphatic rings. The standard InChI is InChI=1S/C21H29FN4O2/c1-16(2)15-27-12-6-11-25-21(23-3)26-14-17-7-5-10-24-20(17)28-19-9-4-8-18(22)13-19/h4-5,7-10,13,16H,6,11-12,14-15H2,1-3H3,(H2,23,25,26). The third kappa shape index (κ3) is 7.92. The van der Waals surface area contributed by atoms with E-state index >= 15 is 0 Å². The summed E-state index contributed by atoms with van der Waals surface area (Å²) in [6.07, 6.45) is 2.54. The molecule has 2 rings (SSSR count). The molecule has 1 aromatic heterocycles. The monoisotopic (exact) mass is 388 g/mol. The Labute approximate surface area is 166 Å². The zero-order valence-corrected chi connectivity index (χ0v) is 16.7. The number of hydrogen-bond donors (Lipinski definition) is 2. The second kappa shape index (κ2) is 11.9. The van der Waals surface area contributed by atoms with Crippen molar-refractivity contribution in [2.75, 3.05) is 26.8 Å². The quantitative estimate of drug-likeness (QED) is 0.369. The molecule has 7 heteroatoms. The van der Waals surface area contributed by atoms with Crippen molar-refractivity contribution in [1.82, 2.24) is 15.6 Å². The van der Waals surface area contributed by atoms with Crippen molar-refractivity contribution in [2.45, 2.75) is 26.8 Å². The van der Waals surface area contributed by atoms with E-state index in [-0.39, 0.29) is 5.82 Å². The molecule has 0 bridgehead atoms. The van der Waals surface area contributed by atoms with E-state index in [0.717, 1.165) is 31.7 Å². The van der Waals surface area contributed by atoms with Crippen LogP contribution < -0.4 is 15.4 Å². The average Bonchev–Trinajstić information content (AvgIpc) is 2.67. The predicted octanol–water partition coefficient (Wildman–Crippen LogP) is 3.74. The molecule has 0 aliphatic carbocycles. The van der Waals surface area contributed by atoms with E-state index < -0.39 is 0 Å². The zero-order chi connectivity index (χ0) is 20.2. The fourth-order valence-corrected chi connectivity index (χ4v) is 2.39. The van der Waals surface area contributed by atoms with Gasteiger partial charge in [0.25, 0.3) is 0 Å². The van der Waals surface area contributed by atoms with Crippen LogP contribution in [-0.2, 0) is 11.3 Å². The number of nitrogens with zero attached hydrogens (tertiary/aromatic N) is 2. The normalized spacial score (nSPS) is 11.5. The fraction of sp³-hybridized carbons (Fsp3) is 0.429. The lowest BCUT2D eigenvalue weighted by molar-refractivity contribution is 0.108. The molecule has 0 radical (unpaired) electrons. The minimum absolute atomic E-state index is 0.352. The Morgan fingerprint density at radius 3 is 2.82 bits per heavy atom. The van der Waals surface area contributed by atoms with E-state index in [1.165, 1.54) is 12.1 Å². The van der Waals surface area contributed by atoms with Gasteiger partial charge in [0.2, 0.25) is 5.88 Å². The van der Waals surface area contributed by atoms with Gasteiger partial charge in [-0.1, -0.05) is 26.0 Å². The molecule has 1 heterocycles. The van der Waals surface area contributed by atoms with Gasteiger partial charge >= 0.3 is 0 Å². The van der Waals surface area contributed by atoms with Crippen molar-refractivity contribution in [3.05, 3.63) is 54.0 Å². The summed E-state index contributed by atoms with van der Waals surface area (Å²) < 4.78 is 24.7. The maximum atomic E-state index is 13.4. The molecule has 0 aliphatic heterocycles. The molecule has 6 nitrogen and oxygen atoms in total. The van der Waals surface area contributed by atoms with Gasteiger partial charge in [-0.3, -0.25) is 4.99 Å². The van der Waals surface area contributed by atoms with Crippen LogP contribution in [0.25, 0.3) is 0 Å². The number of aromatic nitrogens is 1. The van der Waals surface area contributed by atoms with Crippen LogP contribution in [0, 0.1) is 11.7 Å². The molecule has 0 saturated heterocycles.